The molecule has 1 aromatic heterocycles. The standard InChI is InChI=1S/C11H19N3S/c1-7(2)10-13-11(15-14-10)12-9-5-4-8(3)6-9/h7-9H,4-6H2,1-3H3,(H,12,13,14). The Morgan fingerprint density at radius 1 is 1.40 bits per heavy atom. The van der Waals surface area contributed by atoms with Gasteiger partial charge in [0.25, 0.3) is 0 Å². The molecule has 1 aliphatic carbocycles. The van der Waals surface area contributed by atoms with Crippen LogP contribution in [0.25, 0.3) is 0 Å². The average molecular weight is 225 g/mol. The Kier molecular flexibility index (Phi) is 3.24. The minimum atomic E-state index is 0.430. The van der Waals surface area contributed by atoms with Crippen LogP contribution in [-0.2, 0) is 0 Å². The molecule has 0 spiro atoms. The van der Waals surface area contributed by atoms with E-state index >= 15 is 0 Å². The molecule has 4 heteroatoms. The summed E-state index contributed by atoms with van der Waals surface area (Å²) in [6, 6.07) is 0.618. The normalized spacial score (nSPS) is 26.1. The summed E-state index contributed by atoms with van der Waals surface area (Å²) in [5, 5.41) is 4.49. The van der Waals surface area contributed by atoms with Crippen molar-refractivity contribution in [3.8, 4) is 0 Å². The van der Waals surface area contributed by atoms with E-state index in [2.05, 4.69) is 35.4 Å². The molecule has 1 saturated carbocycles. The molecule has 1 aliphatic rings. The molecule has 2 rings (SSSR count). The van der Waals surface area contributed by atoms with Gasteiger partial charge in [-0.25, -0.2) is 4.98 Å². The molecule has 0 radical (unpaired) electrons. The van der Waals surface area contributed by atoms with Crippen molar-refractivity contribution in [1.29, 1.82) is 0 Å². The van der Waals surface area contributed by atoms with Crippen molar-refractivity contribution in [2.24, 2.45) is 5.92 Å². The van der Waals surface area contributed by atoms with Gasteiger partial charge in [0.15, 0.2) is 0 Å². The Bertz CT molecular complexity index is 321. The van der Waals surface area contributed by atoms with Crippen LogP contribution in [0.5, 0.6) is 0 Å². The van der Waals surface area contributed by atoms with Crippen LogP contribution in [0.1, 0.15) is 51.8 Å². The van der Waals surface area contributed by atoms with E-state index in [1.807, 2.05) is 0 Å². The van der Waals surface area contributed by atoms with E-state index in [4.69, 9.17) is 0 Å². The van der Waals surface area contributed by atoms with Gasteiger partial charge in [0, 0.05) is 23.5 Å². The number of anilines is 1. The molecule has 0 aromatic carbocycles. The topological polar surface area (TPSA) is 37.8 Å². The third-order valence-corrected chi connectivity index (χ3v) is 3.64. The van der Waals surface area contributed by atoms with Gasteiger partial charge in [0.1, 0.15) is 5.82 Å². The summed E-state index contributed by atoms with van der Waals surface area (Å²) in [5.41, 5.74) is 0. The van der Waals surface area contributed by atoms with Crippen LogP contribution < -0.4 is 5.32 Å². The molecular formula is C11H19N3S. The second-order valence-electron chi connectivity index (χ2n) is 4.87. The summed E-state index contributed by atoms with van der Waals surface area (Å²) < 4.78 is 4.34. The maximum absolute atomic E-state index is 4.49. The highest BCUT2D eigenvalue weighted by Gasteiger charge is 2.22. The van der Waals surface area contributed by atoms with Crippen LogP contribution in [0.2, 0.25) is 0 Å². The molecule has 1 fully saturated rings. The molecule has 3 nitrogen and oxygen atoms in total. The van der Waals surface area contributed by atoms with Crippen molar-refractivity contribution < 1.29 is 0 Å². The van der Waals surface area contributed by atoms with Gasteiger partial charge in [-0.1, -0.05) is 20.8 Å². The monoisotopic (exact) mass is 225 g/mol. The molecule has 15 heavy (non-hydrogen) atoms. The summed E-state index contributed by atoms with van der Waals surface area (Å²) in [4.78, 5) is 4.49. The second-order valence-corrected chi connectivity index (χ2v) is 5.62. The van der Waals surface area contributed by atoms with Gasteiger partial charge in [-0.3, -0.25) is 0 Å². The number of nitrogens with one attached hydrogen (secondary N) is 1. The predicted molar refractivity (Wildman–Crippen MR) is 64.4 cm³/mol. The highest BCUT2D eigenvalue weighted by atomic mass is 32.1. The van der Waals surface area contributed by atoms with Gasteiger partial charge >= 0.3 is 0 Å². The van der Waals surface area contributed by atoms with E-state index in [1.165, 1.54) is 30.8 Å². The van der Waals surface area contributed by atoms with Crippen molar-refractivity contribution in [2.45, 2.75) is 52.0 Å². The van der Waals surface area contributed by atoms with Crippen molar-refractivity contribution in [1.82, 2.24) is 9.36 Å². The largest absolute Gasteiger partial charge is 0.358 e. The first-order chi connectivity index (χ1) is 7.15. The van der Waals surface area contributed by atoms with Gasteiger partial charge in [-0.05, 0) is 25.2 Å². The van der Waals surface area contributed by atoms with E-state index in [0.717, 1.165) is 16.9 Å². The number of hydrogen-bond acceptors (Lipinski definition) is 4. The predicted octanol–water partition coefficient (Wildman–Crippen LogP) is 3.26. The third kappa shape index (κ3) is 2.68. The minimum absolute atomic E-state index is 0.430. The third-order valence-electron chi connectivity index (χ3n) is 2.98. The molecule has 0 aliphatic heterocycles. The van der Waals surface area contributed by atoms with Crippen LogP contribution in [0, 0.1) is 5.92 Å². The maximum atomic E-state index is 4.49. The Balaban J connectivity index is 1.93. The van der Waals surface area contributed by atoms with E-state index in [-0.39, 0.29) is 0 Å². The zero-order chi connectivity index (χ0) is 10.8. The number of aromatic nitrogens is 2. The van der Waals surface area contributed by atoms with Crippen molar-refractivity contribution in [2.75, 3.05) is 5.32 Å². The first-order valence-electron chi connectivity index (χ1n) is 5.75. The fourth-order valence-corrected chi connectivity index (χ4v) is 2.83. The molecule has 0 saturated heterocycles. The van der Waals surface area contributed by atoms with Crippen LogP contribution in [0.15, 0.2) is 0 Å². The Morgan fingerprint density at radius 2 is 2.20 bits per heavy atom. The highest BCUT2D eigenvalue weighted by molar-refractivity contribution is 7.09. The van der Waals surface area contributed by atoms with Crippen LogP contribution in [0.4, 0.5) is 5.13 Å². The molecule has 1 N–H and O–H groups in total. The van der Waals surface area contributed by atoms with Crippen LogP contribution >= 0.6 is 11.5 Å². The Labute approximate surface area is 95.5 Å². The van der Waals surface area contributed by atoms with Gasteiger partial charge in [0.2, 0.25) is 5.13 Å². The lowest BCUT2D eigenvalue weighted by atomic mass is 10.1. The molecule has 0 bridgehead atoms. The van der Waals surface area contributed by atoms with Crippen molar-refractivity contribution in [3.05, 3.63) is 5.82 Å². The summed E-state index contributed by atoms with van der Waals surface area (Å²) >= 11 is 1.49. The van der Waals surface area contributed by atoms with E-state index in [9.17, 15) is 0 Å². The zero-order valence-electron chi connectivity index (χ0n) is 9.66. The first-order valence-corrected chi connectivity index (χ1v) is 6.52. The summed E-state index contributed by atoms with van der Waals surface area (Å²) in [6.07, 6.45) is 3.89. The Hall–Kier alpha value is -0.640. The summed E-state index contributed by atoms with van der Waals surface area (Å²) in [6.45, 7) is 6.58. The van der Waals surface area contributed by atoms with Crippen LogP contribution in [0.3, 0.4) is 0 Å². The maximum Gasteiger partial charge on any atom is 0.202 e. The quantitative estimate of drug-likeness (QED) is 0.858. The minimum Gasteiger partial charge on any atom is -0.358 e. The highest BCUT2D eigenvalue weighted by Crippen LogP contribution is 2.28. The molecule has 0 amide bonds. The molecule has 1 aromatic rings. The Morgan fingerprint density at radius 3 is 2.73 bits per heavy atom. The lowest BCUT2D eigenvalue weighted by Crippen LogP contribution is -2.15. The van der Waals surface area contributed by atoms with Crippen molar-refractivity contribution in [3.63, 3.8) is 0 Å². The summed E-state index contributed by atoms with van der Waals surface area (Å²) in [7, 11) is 0. The summed E-state index contributed by atoms with van der Waals surface area (Å²) in [5.74, 6) is 2.26. The van der Waals surface area contributed by atoms with Gasteiger partial charge in [-0.15, -0.1) is 0 Å². The van der Waals surface area contributed by atoms with Gasteiger partial charge < -0.3 is 5.32 Å². The molecule has 1 heterocycles. The number of rotatable bonds is 3. The molecule has 84 valence electrons. The average Bonchev–Trinajstić information content (AvgIpc) is 2.76. The molecule has 2 atom stereocenters. The van der Waals surface area contributed by atoms with Crippen molar-refractivity contribution >= 4 is 16.7 Å². The fraction of sp³-hybridized carbons (Fsp3) is 0.818. The van der Waals surface area contributed by atoms with Gasteiger partial charge in [0.05, 0.1) is 0 Å². The molecular weight excluding hydrogens is 206 g/mol. The number of hydrogen-bond donors (Lipinski definition) is 1. The smallest absolute Gasteiger partial charge is 0.202 e. The zero-order valence-corrected chi connectivity index (χ0v) is 10.5. The van der Waals surface area contributed by atoms with E-state index in [0.29, 0.717) is 12.0 Å². The van der Waals surface area contributed by atoms with E-state index in [1.54, 1.807) is 0 Å². The molecule has 2 unspecified atom stereocenters. The van der Waals surface area contributed by atoms with E-state index < -0.39 is 0 Å². The fourth-order valence-electron chi connectivity index (χ4n) is 2.04. The first kappa shape index (κ1) is 10.9. The lowest BCUT2D eigenvalue weighted by molar-refractivity contribution is 0.602. The lowest BCUT2D eigenvalue weighted by Gasteiger charge is -2.09. The second kappa shape index (κ2) is 4.47. The SMILES string of the molecule is CC1CCC(Nc2nc(C(C)C)ns2)C1. The van der Waals surface area contributed by atoms with Gasteiger partial charge in [-0.2, -0.15) is 4.37 Å². The number of nitrogens with zero attached hydrogens (tertiary/aromatic N) is 2. The van der Waals surface area contributed by atoms with Crippen LogP contribution in [-0.4, -0.2) is 15.4 Å².